The van der Waals surface area contributed by atoms with Crippen molar-refractivity contribution < 1.29 is 27.4 Å². The SMILES string of the molecule is COc1cc(I)c(C(F)(F)F)c(OC)c1OC. The van der Waals surface area contributed by atoms with Crippen LogP contribution >= 0.6 is 22.6 Å². The molecule has 1 aromatic rings. The molecule has 0 aliphatic carbocycles. The molecule has 3 nitrogen and oxygen atoms in total. The fourth-order valence-electron chi connectivity index (χ4n) is 1.39. The normalized spacial score (nSPS) is 11.2. The predicted octanol–water partition coefficient (Wildman–Crippen LogP) is 3.34. The monoisotopic (exact) mass is 362 g/mol. The van der Waals surface area contributed by atoms with E-state index in [1.54, 1.807) is 22.6 Å². The van der Waals surface area contributed by atoms with E-state index in [1.165, 1.54) is 20.3 Å². The van der Waals surface area contributed by atoms with Gasteiger partial charge >= 0.3 is 6.18 Å². The maximum atomic E-state index is 12.9. The first-order valence-electron chi connectivity index (χ1n) is 4.42. The number of benzene rings is 1. The number of ether oxygens (including phenoxy) is 3. The Kier molecular flexibility index (Phi) is 4.34. The van der Waals surface area contributed by atoms with Crippen LogP contribution in [0.15, 0.2) is 6.07 Å². The molecule has 0 heterocycles. The maximum absolute atomic E-state index is 12.9. The van der Waals surface area contributed by atoms with Crippen LogP contribution in [0.2, 0.25) is 0 Å². The number of alkyl halides is 3. The highest BCUT2D eigenvalue weighted by molar-refractivity contribution is 14.1. The van der Waals surface area contributed by atoms with Crippen LogP contribution in [0.25, 0.3) is 0 Å². The van der Waals surface area contributed by atoms with Gasteiger partial charge in [0.1, 0.15) is 5.56 Å². The van der Waals surface area contributed by atoms with Crippen molar-refractivity contribution in [1.82, 2.24) is 0 Å². The van der Waals surface area contributed by atoms with Gasteiger partial charge in [-0.2, -0.15) is 13.2 Å². The Morgan fingerprint density at radius 3 is 1.88 bits per heavy atom. The lowest BCUT2D eigenvalue weighted by atomic mass is 10.1. The van der Waals surface area contributed by atoms with Crippen LogP contribution in [-0.4, -0.2) is 21.3 Å². The molecule has 0 atom stereocenters. The van der Waals surface area contributed by atoms with E-state index in [4.69, 9.17) is 14.2 Å². The molecule has 17 heavy (non-hydrogen) atoms. The average Bonchev–Trinajstić information content (AvgIpc) is 2.25. The van der Waals surface area contributed by atoms with Crippen LogP contribution in [0, 0.1) is 3.57 Å². The second-order valence-electron chi connectivity index (χ2n) is 3.00. The molecule has 1 aromatic carbocycles. The molecule has 96 valence electrons. The zero-order chi connectivity index (χ0) is 13.2. The Morgan fingerprint density at radius 2 is 1.53 bits per heavy atom. The van der Waals surface area contributed by atoms with E-state index < -0.39 is 11.7 Å². The van der Waals surface area contributed by atoms with Crippen molar-refractivity contribution in [3.63, 3.8) is 0 Å². The van der Waals surface area contributed by atoms with Crippen LogP contribution < -0.4 is 14.2 Å². The van der Waals surface area contributed by atoms with Crippen LogP contribution in [0.3, 0.4) is 0 Å². The smallest absolute Gasteiger partial charge is 0.421 e. The number of hydrogen-bond donors (Lipinski definition) is 0. The molecule has 0 radical (unpaired) electrons. The summed E-state index contributed by atoms with van der Waals surface area (Å²) in [4.78, 5) is 0. The molecular formula is C10H10F3IO3. The van der Waals surface area contributed by atoms with E-state index in [1.807, 2.05) is 0 Å². The summed E-state index contributed by atoms with van der Waals surface area (Å²) in [5, 5.41) is 0. The van der Waals surface area contributed by atoms with Crippen LogP contribution in [0.5, 0.6) is 17.2 Å². The third-order valence-corrected chi connectivity index (χ3v) is 2.92. The van der Waals surface area contributed by atoms with Crippen LogP contribution in [0.4, 0.5) is 13.2 Å². The van der Waals surface area contributed by atoms with E-state index in [0.717, 1.165) is 7.11 Å². The number of methoxy groups -OCH3 is 3. The molecule has 0 bridgehead atoms. The third-order valence-electron chi connectivity index (χ3n) is 2.07. The molecule has 0 amide bonds. The van der Waals surface area contributed by atoms with Gasteiger partial charge in [-0.1, -0.05) is 0 Å². The van der Waals surface area contributed by atoms with Gasteiger partial charge in [0.15, 0.2) is 11.5 Å². The fourth-order valence-corrected chi connectivity index (χ4v) is 2.22. The van der Waals surface area contributed by atoms with Crippen molar-refractivity contribution >= 4 is 22.6 Å². The van der Waals surface area contributed by atoms with Gasteiger partial charge in [-0.25, -0.2) is 0 Å². The average molecular weight is 362 g/mol. The minimum atomic E-state index is -4.51. The highest BCUT2D eigenvalue weighted by atomic mass is 127. The van der Waals surface area contributed by atoms with E-state index >= 15 is 0 Å². The Balaban J connectivity index is 3.61. The number of halogens is 4. The summed E-state index contributed by atoms with van der Waals surface area (Å²) < 4.78 is 53.2. The summed E-state index contributed by atoms with van der Waals surface area (Å²) in [6.07, 6.45) is -4.51. The van der Waals surface area contributed by atoms with Gasteiger partial charge in [0.05, 0.1) is 21.3 Å². The summed E-state index contributed by atoms with van der Waals surface area (Å²) in [5.74, 6) is -0.242. The minimum Gasteiger partial charge on any atom is -0.493 e. The summed E-state index contributed by atoms with van der Waals surface area (Å²) in [6, 6.07) is 1.25. The molecule has 0 saturated carbocycles. The third kappa shape index (κ3) is 2.70. The van der Waals surface area contributed by atoms with Crippen LogP contribution in [0.1, 0.15) is 5.56 Å². The summed E-state index contributed by atoms with van der Waals surface area (Å²) in [5.41, 5.74) is -0.863. The second-order valence-corrected chi connectivity index (χ2v) is 4.16. The van der Waals surface area contributed by atoms with Crippen molar-refractivity contribution in [2.75, 3.05) is 21.3 Å². The molecule has 0 spiro atoms. The highest BCUT2D eigenvalue weighted by Crippen LogP contribution is 2.48. The zero-order valence-corrected chi connectivity index (χ0v) is 11.5. The number of hydrogen-bond acceptors (Lipinski definition) is 3. The molecule has 0 fully saturated rings. The molecule has 0 N–H and O–H groups in total. The fraction of sp³-hybridized carbons (Fsp3) is 0.400. The lowest BCUT2D eigenvalue weighted by Gasteiger charge is -2.18. The van der Waals surface area contributed by atoms with E-state index in [-0.39, 0.29) is 20.8 Å². The Labute approximate surface area is 110 Å². The summed E-state index contributed by atoms with van der Waals surface area (Å²) in [7, 11) is 3.76. The second kappa shape index (κ2) is 5.19. The number of rotatable bonds is 3. The molecule has 0 aliphatic heterocycles. The molecule has 1 rings (SSSR count). The summed E-state index contributed by atoms with van der Waals surface area (Å²) in [6.45, 7) is 0. The van der Waals surface area contributed by atoms with E-state index in [9.17, 15) is 13.2 Å². The van der Waals surface area contributed by atoms with E-state index in [2.05, 4.69) is 0 Å². The topological polar surface area (TPSA) is 27.7 Å². The molecule has 0 saturated heterocycles. The molecular weight excluding hydrogens is 352 g/mol. The Hall–Kier alpha value is -0.860. The quantitative estimate of drug-likeness (QED) is 0.773. The molecule has 7 heteroatoms. The molecule has 0 unspecified atom stereocenters. The van der Waals surface area contributed by atoms with Crippen molar-refractivity contribution in [2.24, 2.45) is 0 Å². The largest absolute Gasteiger partial charge is 0.493 e. The van der Waals surface area contributed by atoms with Gasteiger partial charge in [0.25, 0.3) is 0 Å². The van der Waals surface area contributed by atoms with Gasteiger partial charge in [-0.3, -0.25) is 0 Å². The maximum Gasteiger partial charge on any atom is 0.421 e. The molecule has 0 aliphatic rings. The van der Waals surface area contributed by atoms with Gasteiger partial charge < -0.3 is 14.2 Å². The van der Waals surface area contributed by atoms with Crippen LogP contribution in [-0.2, 0) is 6.18 Å². The standard InChI is InChI=1S/C10H10F3IO3/c1-15-6-4-5(14)7(10(11,12)13)9(17-3)8(6)16-2/h4H,1-3H3. The first kappa shape index (κ1) is 14.2. The van der Waals surface area contributed by atoms with Gasteiger partial charge in [-0.15, -0.1) is 0 Å². The molecule has 0 aromatic heterocycles. The predicted molar refractivity (Wildman–Crippen MR) is 63.8 cm³/mol. The first-order valence-corrected chi connectivity index (χ1v) is 5.50. The highest BCUT2D eigenvalue weighted by Gasteiger charge is 2.39. The van der Waals surface area contributed by atoms with Gasteiger partial charge in [-0.05, 0) is 28.7 Å². The van der Waals surface area contributed by atoms with Gasteiger partial charge in [0, 0.05) is 3.57 Å². The van der Waals surface area contributed by atoms with Crippen molar-refractivity contribution in [3.8, 4) is 17.2 Å². The van der Waals surface area contributed by atoms with Crippen molar-refractivity contribution in [3.05, 3.63) is 15.2 Å². The lowest BCUT2D eigenvalue weighted by molar-refractivity contribution is -0.139. The first-order chi connectivity index (χ1) is 7.86. The summed E-state index contributed by atoms with van der Waals surface area (Å²) >= 11 is 1.58. The van der Waals surface area contributed by atoms with Crippen molar-refractivity contribution in [1.29, 1.82) is 0 Å². The Bertz CT molecular complexity index is 418. The van der Waals surface area contributed by atoms with Crippen molar-refractivity contribution in [2.45, 2.75) is 6.18 Å². The van der Waals surface area contributed by atoms with E-state index in [0.29, 0.717) is 0 Å². The Morgan fingerprint density at radius 1 is 1.00 bits per heavy atom. The zero-order valence-electron chi connectivity index (χ0n) is 9.31. The lowest BCUT2D eigenvalue weighted by Crippen LogP contribution is -2.11. The minimum absolute atomic E-state index is 0.00963. The van der Waals surface area contributed by atoms with Gasteiger partial charge in [0.2, 0.25) is 5.75 Å².